The molecule has 1 aromatic carbocycles. The van der Waals surface area contributed by atoms with Crippen molar-refractivity contribution in [2.45, 2.75) is 0 Å². The third-order valence-electron chi connectivity index (χ3n) is 2.08. The van der Waals surface area contributed by atoms with Crippen LogP contribution in [0.25, 0.3) is 0 Å². The molecule has 18 heavy (non-hydrogen) atoms. The van der Waals surface area contributed by atoms with Gasteiger partial charge in [0, 0.05) is 46.0 Å². The summed E-state index contributed by atoms with van der Waals surface area (Å²) in [6.45, 7) is 0.261. The van der Waals surface area contributed by atoms with Crippen molar-refractivity contribution in [1.82, 2.24) is 5.32 Å². The number of halogens is 1. The number of nitro benzene ring substituents is 1. The molecule has 0 aliphatic carbocycles. The maximum atomic E-state index is 11.8. The third-order valence-corrected chi connectivity index (χ3v) is 3.55. The van der Waals surface area contributed by atoms with Crippen LogP contribution in [0, 0.1) is 10.1 Å². The smallest absolute Gasteiger partial charge is 0.270 e. The molecule has 0 saturated heterocycles. The Hall–Kier alpha value is -1.28. The van der Waals surface area contributed by atoms with Gasteiger partial charge in [0.05, 0.1) is 10.5 Å². The Morgan fingerprint density at radius 3 is 2.78 bits per heavy atom. The molecule has 1 N–H and O–H groups in total. The molecule has 98 valence electrons. The van der Waals surface area contributed by atoms with Crippen LogP contribution in [-0.2, 0) is 10.8 Å². The number of rotatable bonds is 5. The molecule has 0 spiro atoms. The maximum absolute atomic E-state index is 11.8. The summed E-state index contributed by atoms with van der Waals surface area (Å²) in [7, 11) is -0.990. The number of amides is 1. The molecule has 6 nitrogen and oxygen atoms in total. The maximum Gasteiger partial charge on any atom is 0.270 e. The summed E-state index contributed by atoms with van der Waals surface area (Å²) >= 11 is 3.16. The quantitative estimate of drug-likeness (QED) is 0.652. The van der Waals surface area contributed by atoms with Gasteiger partial charge in [-0.25, -0.2) is 0 Å². The second-order valence-electron chi connectivity index (χ2n) is 3.45. The summed E-state index contributed by atoms with van der Waals surface area (Å²) in [5.41, 5.74) is 0.0357. The van der Waals surface area contributed by atoms with Gasteiger partial charge in [-0.1, -0.05) is 0 Å². The molecule has 0 aliphatic rings. The van der Waals surface area contributed by atoms with Gasteiger partial charge in [-0.15, -0.1) is 0 Å². The number of nitrogens with zero attached hydrogens (tertiary/aromatic N) is 1. The molecule has 0 heterocycles. The van der Waals surface area contributed by atoms with Gasteiger partial charge in [-0.2, -0.15) is 0 Å². The Morgan fingerprint density at radius 1 is 1.56 bits per heavy atom. The molecule has 0 aliphatic heterocycles. The lowest BCUT2D eigenvalue weighted by molar-refractivity contribution is -0.384. The van der Waals surface area contributed by atoms with E-state index in [9.17, 15) is 19.1 Å². The summed E-state index contributed by atoms with van der Waals surface area (Å²) in [6, 6.07) is 3.95. The Kier molecular flexibility index (Phi) is 5.42. The van der Waals surface area contributed by atoms with Gasteiger partial charge in [0.15, 0.2) is 0 Å². The summed E-state index contributed by atoms with van der Waals surface area (Å²) in [5.74, 6) is -0.0887. The fourth-order valence-corrected chi connectivity index (χ4v) is 2.02. The first-order chi connectivity index (χ1) is 8.41. The second-order valence-corrected chi connectivity index (χ2v) is 5.86. The lowest BCUT2D eigenvalue weighted by atomic mass is 10.2. The van der Waals surface area contributed by atoms with Crippen LogP contribution in [0.2, 0.25) is 0 Å². The topological polar surface area (TPSA) is 89.3 Å². The van der Waals surface area contributed by atoms with Crippen molar-refractivity contribution in [2.24, 2.45) is 0 Å². The normalized spacial score (nSPS) is 11.9. The van der Waals surface area contributed by atoms with Gasteiger partial charge in [0.2, 0.25) is 0 Å². The molecular formula is C10H11BrN2O4S. The van der Waals surface area contributed by atoms with Crippen molar-refractivity contribution < 1.29 is 13.9 Å². The molecule has 1 rings (SSSR count). The van der Waals surface area contributed by atoms with Crippen molar-refractivity contribution in [1.29, 1.82) is 0 Å². The van der Waals surface area contributed by atoms with Gasteiger partial charge < -0.3 is 5.32 Å². The van der Waals surface area contributed by atoms with Crippen LogP contribution >= 0.6 is 15.9 Å². The molecule has 1 atom stereocenters. The highest BCUT2D eigenvalue weighted by atomic mass is 79.9. The van der Waals surface area contributed by atoms with Crippen molar-refractivity contribution >= 4 is 38.3 Å². The standard InChI is InChI=1S/C10H11BrN2O4S/c1-18(17)5-4-12-10(14)8-6-7(13(15)16)2-3-9(8)11/h2-3,6H,4-5H2,1H3,(H,12,14). The number of hydrogen-bond acceptors (Lipinski definition) is 4. The summed E-state index contributed by atoms with van der Waals surface area (Å²) in [6.07, 6.45) is 1.54. The van der Waals surface area contributed by atoms with Crippen molar-refractivity contribution in [2.75, 3.05) is 18.6 Å². The van der Waals surface area contributed by atoms with E-state index in [-0.39, 0.29) is 17.8 Å². The molecule has 1 unspecified atom stereocenters. The second kappa shape index (κ2) is 6.60. The van der Waals surface area contributed by atoms with E-state index in [0.29, 0.717) is 10.2 Å². The number of hydrogen-bond donors (Lipinski definition) is 1. The zero-order valence-electron chi connectivity index (χ0n) is 9.51. The van der Waals surface area contributed by atoms with Gasteiger partial charge in [-0.05, 0) is 22.0 Å². The van der Waals surface area contributed by atoms with E-state index in [2.05, 4.69) is 21.2 Å². The highest BCUT2D eigenvalue weighted by Crippen LogP contribution is 2.22. The predicted octanol–water partition coefficient (Wildman–Crippen LogP) is 1.47. The summed E-state index contributed by atoms with van der Waals surface area (Å²) in [5, 5.41) is 13.2. The minimum absolute atomic E-state index is 0.151. The molecule has 0 aromatic heterocycles. The Balaban J connectivity index is 2.81. The van der Waals surface area contributed by atoms with E-state index in [1.807, 2.05) is 0 Å². The number of nitro groups is 1. The predicted molar refractivity (Wildman–Crippen MR) is 72.1 cm³/mol. The monoisotopic (exact) mass is 334 g/mol. The molecule has 0 bridgehead atoms. The van der Waals surface area contributed by atoms with Gasteiger partial charge >= 0.3 is 0 Å². The molecule has 8 heteroatoms. The molecule has 1 amide bonds. The van der Waals surface area contributed by atoms with Gasteiger partial charge in [0.1, 0.15) is 0 Å². The molecule has 0 saturated carbocycles. The highest BCUT2D eigenvalue weighted by molar-refractivity contribution is 9.10. The van der Waals surface area contributed by atoms with E-state index < -0.39 is 21.6 Å². The number of carbonyl (C=O) groups excluding carboxylic acids is 1. The Bertz CT molecular complexity index is 507. The zero-order valence-corrected chi connectivity index (χ0v) is 11.9. The van der Waals surface area contributed by atoms with Crippen LogP contribution < -0.4 is 5.32 Å². The van der Waals surface area contributed by atoms with E-state index in [1.54, 1.807) is 0 Å². The van der Waals surface area contributed by atoms with E-state index in [0.717, 1.165) is 0 Å². The third kappa shape index (κ3) is 4.19. The first-order valence-corrected chi connectivity index (χ1v) is 7.46. The number of nitrogens with one attached hydrogen (secondary N) is 1. The average molecular weight is 335 g/mol. The average Bonchev–Trinajstić information content (AvgIpc) is 2.28. The number of carbonyl (C=O) groups is 1. The van der Waals surface area contributed by atoms with Crippen LogP contribution in [0.4, 0.5) is 5.69 Å². The SMILES string of the molecule is CS(=O)CCNC(=O)c1cc([N+](=O)[O-])ccc1Br. The molecule has 0 radical (unpaired) electrons. The minimum atomic E-state index is -0.990. The van der Waals surface area contributed by atoms with Crippen LogP contribution in [0.3, 0.4) is 0 Å². The summed E-state index contributed by atoms with van der Waals surface area (Å²) in [4.78, 5) is 21.8. The van der Waals surface area contributed by atoms with Crippen LogP contribution in [0.5, 0.6) is 0 Å². The first kappa shape index (κ1) is 14.8. The van der Waals surface area contributed by atoms with Gasteiger partial charge in [-0.3, -0.25) is 19.1 Å². The van der Waals surface area contributed by atoms with Crippen molar-refractivity contribution in [3.05, 3.63) is 38.3 Å². The number of benzene rings is 1. The number of non-ortho nitro benzene ring substituents is 1. The lowest BCUT2D eigenvalue weighted by Crippen LogP contribution is -2.27. The van der Waals surface area contributed by atoms with E-state index >= 15 is 0 Å². The van der Waals surface area contributed by atoms with Crippen molar-refractivity contribution in [3.8, 4) is 0 Å². The fourth-order valence-electron chi connectivity index (χ4n) is 1.20. The highest BCUT2D eigenvalue weighted by Gasteiger charge is 2.15. The lowest BCUT2D eigenvalue weighted by Gasteiger charge is -2.05. The van der Waals surface area contributed by atoms with Crippen molar-refractivity contribution in [3.63, 3.8) is 0 Å². The molecular weight excluding hydrogens is 324 g/mol. The van der Waals surface area contributed by atoms with Crippen LogP contribution in [0.15, 0.2) is 22.7 Å². The van der Waals surface area contributed by atoms with Crippen LogP contribution in [0.1, 0.15) is 10.4 Å². The molecule has 0 fully saturated rings. The van der Waals surface area contributed by atoms with E-state index in [4.69, 9.17) is 0 Å². The largest absolute Gasteiger partial charge is 0.351 e. The van der Waals surface area contributed by atoms with Crippen LogP contribution in [-0.4, -0.2) is 33.6 Å². The minimum Gasteiger partial charge on any atom is -0.351 e. The molecule has 1 aromatic rings. The Labute approximate surface area is 114 Å². The summed E-state index contributed by atoms with van der Waals surface area (Å²) < 4.78 is 11.3. The van der Waals surface area contributed by atoms with E-state index in [1.165, 1.54) is 24.5 Å². The fraction of sp³-hybridized carbons (Fsp3) is 0.300. The Morgan fingerprint density at radius 2 is 2.22 bits per heavy atom. The zero-order chi connectivity index (χ0) is 13.7. The van der Waals surface area contributed by atoms with Gasteiger partial charge in [0.25, 0.3) is 11.6 Å². The first-order valence-electron chi connectivity index (χ1n) is 4.94.